The summed E-state index contributed by atoms with van der Waals surface area (Å²) in [5.74, 6) is -0.855. The van der Waals surface area contributed by atoms with Crippen molar-refractivity contribution >= 4 is 17.9 Å². The Labute approximate surface area is 517 Å². The lowest BCUT2D eigenvalue weighted by Gasteiger charge is -2.18. The SMILES string of the molecule is CC/C=C\C/C=C\C/C=C\CCCCCCCCCC(=O)OC(COC(=O)CCCCCCCCCCCCCCCCCCC)COC(=O)CCCCCCCCCCCCCCCCCCCCC/C=C\C/C=C\CCCCCCC. The van der Waals surface area contributed by atoms with Crippen LogP contribution in [-0.2, 0) is 28.6 Å². The first-order valence-corrected chi connectivity index (χ1v) is 36.8. The zero-order valence-electron chi connectivity index (χ0n) is 55.7. The van der Waals surface area contributed by atoms with E-state index in [9.17, 15) is 14.4 Å². The van der Waals surface area contributed by atoms with Gasteiger partial charge in [-0.25, -0.2) is 0 Å². The van der Waals surface area contributed by atoms with Crippen LogP contribution in [0.3, 0.4) is 0 Å². The molecule has 0 fully saturated rings. The van der Waals surface area contributed by atoms with Crippen molar-refractivity contribution in [2.24, 2.45) is 0 Å². The van der Waals surface area contributed by atoms with Gasteiger partial charge in [-0.3, -0.25) is 14.4 Å². The molecule has 0 bridgehead atoms. The maximum Gasteiger partial charge on any atom is 0.306 e. The van der Waals surface area contributed by atoms with Crippen LogP contribution in [0.15, 0.2) is 60.8 Å². The van der Waals surface area contributed by atoms with Gasteiger partial charge in [-0.15, -0.1) is 0 Å². The van der Waals surface area contributed by atoms with Gasteiger partial charge in [0.25, 0.3) is 0 Å². The van der Waals surface area contributed by atoms with E-state index in [1.807, 2.05) is 0 Å². The first kappa shape index (κ1) is 80.1. The topological polar surface area (TPSA) is 78.9 Å². The summed E-state index contributed by atoms with van der Waals surface area (Å²) in [4.78, 5) is 38.5. The number of hydrogen-bond acceptors (Lipinski definition) is 6. The molecule has 0 rings (SSSR count). The zero-order chi connectivity index (χ0) is 59.9. The van der Waals surface area contributed by atoms with Crippen molar-refractivity contribution in [3.05, 3.63) is 60.8 Å². The van der Waals surface area contributed by atoms with Gasteiger partial charge in [0.05, 0.1) is 0 Å². The van der Waals surface area contributed by atoms with Crippen LogP contribution in [0.25, 0.3) is 0 Å². The number of carbonyl (C=O) groups excluding carboxylic acids is 3. The van der Waals surface area contributed by atoms with E-state index in [0.29, 0.717) is 19.3 Å². The molecule has 0 aromatic heterocycles. The first-order chi connectivity index (χ1) is 41.0. The van der Waals surface area contributed by atoms with E-state index in [-0.39, 0.29) is 31.1 Å². The molecule has 0 amide bonds. The van der Waals surface area contributed by atoms with Crippen molar-refractivity contribution in [1.29, 1.82) is 0 Å². The number of rotatable bonds is 68. The molecule has 0 aromatic rings. The molecule has 6 heteroatoms. The summed E-state index contributed by atoms with van der Waals surface area (Å²) in [7, 11) is 0. The summed E-state index contributed by atoms with van der Waals surface area (Å²) >= 11 is 0. The van der Waals surface area contributed by atoms with E-state index in [0.717, 1.165) is 89.9 Å². The molecule has 0 spiro atoms. The minimum atomic E-state index is -0.778. The van der Waals surface area contributed by atoms with Gasteiger partial charge in [-0.1, -0.05) is 351 Å². The molecular weight excluding hydrogens is 1020 g/mol. The average Bonchev–Trinajstić information content (AvgIpc) is 3.50. The number of ether oxygens (including phenoxy) is 3. The van der Waals surface area contributed by atoms with Gasteiger partial charge < -0.3 is 14.2 Å². The van der Waals surface area contributed by atoms with Crippen molar-refractivity contribution in [3.8, 4) is 0 Å². The number of esters is 3. The van der Waals surface area contributed by atoms with Gasteiger partial charge in [0.2, 0.25) is 0 Å². The molecule has 0 aliphatic rings. The molecule has 0 N–H and O–H groups in total. The van der Waals surface area contributed by atoms with Crippen LogP contribution >= 0.6 is 0 Å². The van der Waals surface area contributed by atoms with E-state index in [1.165, 1.54) is 263 Å². The highest BCUT2D eigenvalue weighted by molar-refractivity contribution is 5.71. The quantitative estimate of drug-likeness (QED) is 0.0261. The second-order valence-corrected chi connectivity index (χ2v) is 24.8. The Bertz CT molecular complexity index is 1470. The summed E-state index contributed by atoms with van der Waals surface area (Å²) in [6.45, 7) is 6.58. The fourth-order valence-corrected chi connectivity index (χ4v) is 11.0. The molecule has 484 valence electrons. The third-order valence-electron chi connectivity index (χ3n) is 16.5. The van der Waals surface area contributed by atoms with Gasteiger partial charge in [0.15, 0.2) is 6.10 Å². The van der Waals surface area contributed by atoms with Crippen molar-refractivity contribution in [2.75, 3.05) is 13.2 Å². The number of allylic oxidation sites excluding steroid dienone is 10. The Morgan fingerprint density at radius 2 is 0.470 bits per heavy atom. The summed E-state index contributed by atoms with van der Waals surface area (Å²) in [6, 6.07) is 0. The van der Waals surface area contributed by atoms with Crippen LogP contribution in [0, 0.1) is 0 Å². The van der Waals surface area contributed by atoms with Crippen LogP contribution in [0.1, 0.15) is 393 Å². The van der Waals surface area contributed by atoms with Gasteiger partial charge in [-0.05, 0) is 83.5 Å². The molecular formula is C77H140O6. The lowest BCUT2D eigenvalue weighted by molar-refractivity contribution is -0.167. The molecule has 1 atom stereocenters. The largest absolute Gasteiger partial charge is 0.462 e. The predicted octanol–water partition coefficient (Wildman–Crippen LogP) is 25.5. The molecule has 0 aliphatic heterocycles. The molecule has 0 aliphatic carbocycles. The molecule has 0 radical (unpaired) electrons. The second-order valence-electron chi connectivity index (χ2n) is 24.8. The minimum absolute atomic E-state index is 0.0728. The molecule has 1 unspecified atom stereocenters. The smallest absolute Gasteiger partial charge is 0.306 e. The third-order valence-corrected chi connectivity index (χ3v) is 16.5. The fourth-order valence-electron chi connectivity index (χ4n) is 11.0. The molecule has 0 aromatic carbocycles. The Balaban J connectivity index is 4.20. The predicted molar refractivity (Wildman–Crippen MR) is 362 cm³/mol. The van der Waals surface area contributed by atoms with Gasteiger partial charge in [0.1, 0.15) is 13.2 Å². The molecule has 0 heterocycles. The molecule has 6 nitrogen and oxygen atoms in total. The summed E-state index contributed by atoms with van der Waals surface area (Å²) in [5.41, 5.74) is 0. The van der Waals surface area contributed by atoms with Gasteiger partial charge in [0, 0.05) is 19.3 Å². The van der Waals surface area contributed by atoms with Crippen molar-refractivity contribution in [1.82, 2.24) is 0 Å². The van der Waals surface area contributed by atoms with Crippen LogP contribution in [0.5, 0.6) is 0 Å². The van der Waals surface area contributed by atoms with Crippen LogP contribution in [-0.4, -0.2) is 37.2 Å². The van der Waals surface area contributed by atoms with E-state index >= 15 is 0 Å². The van der Waals surface area contributed by atoms with E-state index < -0.39 is 6.10 Å². The summed E-state index contributed by atoms with van der Waals surface area (Å²) in [5, 5.41) is 0. The standard InChI is InChI=1S/C77H140O6/c1-4-7-10-13-16-19-22-25-28-31-32-33-34-35-36-37-38-39-40-41-42-43-44-47-49-52-55-58-61-64-67-70-76(79)82-73-74(83-77(80)71-68-65-62-59-56-53-50-46-30-27-24-21-18-15-12-9-6-3)72-81-75(78)69-66-63-60-57-54-51-48-45-29-26-23-20-17-14-11-8-5-2/h9,12,18,21-22,25,27,30-32,74H,4-8,10-11,13-17,19-20,23-24,26,28-29,33-73H2,1-3H3/b12-9-,21-18-,25-22-,30-27-,32-31-. The van der Waals surface area contributed by atoms with Crippen molar-refractivity contribution in [3.63, 3.8) is 0 Å². The van der Waals surface area contributed by atoms with Crippen LogP contribution in [0.4, 0.5) is 0 Å². The Morgan fingerprint density at radius 3 is 0.735 bits per heavy atom. The normalized spacial score (nSPS) is 12.4. The third kappa shape index (κ3) is 69.8. The van der Waals surface area contributed by atoms with Gasteiger partial charge >= 0.3 is 17.9 Å². The highest BCUT2D eigenvalue weighted by atomic mass is 16.6. The minimum Gasteiger partial charge on any atom is -0.462 e. The summed E-state index contributed by atoms with van der Waals surface area (Å²) in [6.07, 6.45) is 92.6. The maximum atomic E-state index is 12.9. The highest BCUT2D eigenvalue weighted by Crippen LogP contribution is 2.19. The Morgan fingerprint density at radius 1 is 0.253 bits per heavy atom. The van der Waals surface area contributed by atoms with Crippen molar-refractivity contribution in [2.45, 2.75) is 399 Å². The maximum absolute atomic E-state index is 12.9. The highest BCUT2D eigenvalue weighted by Gasteiger charge is 2.19. The summed E-state index contributed by atoms with van der Waals surface area (Å²) < 4.78 is 17.0. The average molecular weight is 1160 g/mol. The number of carbonyl (C=O) groups is 3. The lowest BCUT2D eigenvalue weighted by Crippen LogP contribution is -2.30. The Hall–Kier alpha value is -2.89. The molecule has 0 saturated carbocycles. The van der Waals surface area contributed by atoms with Crippen molar-refractivity contribution < 1.29 is 28.6 Å². The van der Waals surface area contributed by atoms with E-state index in [4.69, 9.17) is 14.2 Å². The number of hydrogen-bond donors (Lipinski definition) is 0. The van der Waals surface area contributed by atoms with Crippen LogP contribution < -0.4 is 0 Å². The fraction of sp³-hybridized carbons (Fsp3) is 0.831. The monoisotopic (exact) mass is 1160 g/mol. The first-order valence-electron chi connectivity index (χ1n) is 36.8. The molecule has 0 saturated heterocycles. The molecule has 83 heavy (non-hydrogen) atoms. The second kappa shape index (κ2) is 71.6. The van der Waals surface area contributed by atoms with E-state index in [1.54, 1.807) is 0 Å². The zero-order valence-corrected chi connectivity index (χ0v) is 55.7. The van der Waals surface area contributed by atoms with Gasteiger partial charge in [-0.2, -0.15) is 0 Å². The van der Waals surface area contributed by atoms with Crippen LogP contribution in [0.2, 0.25) is 0 Å². The number of unbranched alkanes of at least 4 members (excludes halogenated alkanes) is 47. The Kier molecular flexibility index (Phi) is 69.1. The lowest BCUT2D eigenvalue weighted by atomic mass is 10.0. The van der Waals surface area contributed by atoms with E-state index in [2.05, 4.69) is 81.5 Å².